The summed E-state index contributed by atoms with van der Waals surface area (Å²) in [5, 5.41) is 5.53. The first-order valence-electron chi connectivity index (χ1n) is 10.2. The van der Waals surface area contributed by atoms with Crippen LogP contribution in [0.4, 0.5) is 15.9 Å². The van der Waals surface area contributed by atoms with Gasteiger partial charge in [0.25, 0.3) is 0 Å². The van der Waals surface area contributed by atoms with Gasteiger partial charge in [-0.1, -0.05) is 18.2 Å². The van der Waals surface area contributed by atoms with Crippen LogP contribution in [0.3, 0.4) is 0 Å². The molecule has 2 aromatic carbocycles. The number of halogens is 1. The molecular formula is C23H23FN6O. The zero-order valence-electron chi connectivity index (χ0n) is 17.5. The number of fused-ring (bicyclic) bond motifs is 1. The van der Waals surface area contributed by atoms with Crippen LogP contribution in [0.25, 0.3) is 16.7 Å². The molecule has 0 aliphatic carbocycles. The molecule has 158 valence electrons. The molecule has 5 rings (SSSR count). The summed E-state index contributed by atoms with van der Waals surface area (Å²) in [7, 11) is 1.57. The number of methoxy groups -OCH3 is 1. The van der Waals surface area contributed by atoms with Gasteiger partial charge in [-0.05, 0) is 30.7 Å². The number of hydrogen-bond donors (Lipinski definition) is 0. The number of aryl methyl sites for hydroxylation is 1. The van der Waals surface area contributed by atoms with Gasteiger partial charge in [0.15, 0.2) is 5.65 Å². The monoisotopic (exact) mass is 418 g/mol. The Morgan fingerprint density at radius 3 is 2.48 bits per heavy atom. The summed E-state index contributed by atoms with van der Waals surface area (Å²) in [4.78, 5) is 13.5. The van der Waals surface area contributed by atoms with Crippen molar-refractivity contribution < 1.29 is 9.13 Å². The summed E-state index contributed by atoms with van der Waals surface area (Å²) >= 11 is 0. The quantitative estimate of drug-likeness (QED) is 0.505. The Balaban J connectivity index is 1.41. The normalized spacial score (nSPS) is 14.3. The first kappa shape index (κ1) is 19.3. The van der Waals surface area contributed by atoms with Crippen LogP contribution in [0.2, 0.25) is 0 Å². The Bertz CT molecular complexity index is 1230. The summed E-state index contributed by atoms with van der Waals surface area (Å²) in [6.45, 7) is 5.18. The van der Waals surface area contributed by atoms with Gasteiger partial charge in [-0.15, -0.1) is 0 Å². The fourth-order valence-corrected chi connectivity index (χ4v) is 4.13. The van der Waals surface area contributed by atoms with Gasteiger partial charge in [-0.25, -0.2) is 19.0 Å². The standard InChI is InChI=1S/C23H23FN6O/c1-16-5-3-4-6-19(16)30-23-18(14-27-30)22(25-15-26-23)29-11-9-28(10-12-29)20-8-7-17(24)13-21(20)31-2/h3-8,13-15H,9-12H2,1-2H3. The van der Waals surface area contributed by atoms with E-state index < -0.39 is 0 Å². The molecule has 7 nitrogen and oxygen atoms in total. The van der Waals surface area contributed by atoms with E-state index in [9.17, 15) is 4.39 Å². The minimum absolute atomic E-state index is 0.298. The molecule has 0 amide bonds. The van der Waals surface area contributed by atoms with Gasteiger partial charge in [0.1, 0.15) is 23.7 Å². The first-order chi connectivity index (χ1) is 15.2. The van der Waals surface area contributed by atoms with E-state index in [0.717, 1.165) is 60.0 Å². The van der Waals surface area contributed by atoms with Gasteiger partial charge < -0.3 is 14.5 Å². The molecule has 0 unspecified atom stereocenters. The van der Waals surface area contributed by atoms with Gasteiger partial charge in [0, 0.05) is 32.2 Å². The third-order valence-electron chi connectivity index (χ3n) is 5.75. The van der Waals surface area contributed by atoms with Crippen molar-refractivity contribution in [3.63, 3.8) is 0 Å². The lowest BCUT2D eigenvalue weighted by molar-refractivity contribution is 0.410. The van der Waals surface area contributed by atoms with Crippen molar-refractivity contribution in [1.82, 2.24) is 19.7 Å². The molecule has 0 atom stereocenters. The summed E-state index contributed by atoms with van der Waals surface area (Å²) < 4.78 is 20.8. The number of nitrogens with zero attached hydrogens (tertiary/aromatic N) is 6. The Labute approximate surface area is 179 Å². The van der Waals surface area contributed by atoms with Crippen LogP contribution in [0, 0.1) is 12.7 Å². The van der Waals surface area contributed by atoms with Crippen LogP contribution in [0.15, 0.2) is 55.0 Å². The van der Waals surface area contributed by atoms with E-state index in [2.05, 4.69) is 37.9 Å². The van der Waals surface area contributed by atoms with E-state index in [1.807, 2.05) is 29.1 Å². The highest BCUT2D eigenvalue weighted by molar-refractivity contribution is 5.88. The number of piperazine rings is 1. The second-order valence-electron chi connectivity index (χ2n) is 7.57. The van der Waals surface area contributed by atoms with E-state index in [0.29, 0.717) is 5.75 Å². The molecule has 8 heteroatoms. The molecule has 1 fully saturated rings. The molecule has 1 aliphatic rings. The number of rotatable bonds is 4. The summed E-state index contributed by atoms with van der Waals surface area (Å²) in [6, 6.07) is 12.8. The van der Waals surface area contributed by atoms with E-state index >= 15 is 0 Å². The number of hydrogen-bond acceptors (Lipinski definition) is 6. The van der Waals surface area contributed by atoms with E-state index in [1.54, 1.807) is 19.5 Å². The molecule has 4 aromatic rings. The number of anilines is 2. The maximum atomic E-state index is 13.6. The van der Waals surface area contributed by atoms with Crippen LogP contribution in [-0.4, -0.2) is 53.0 Å². The van der Waals surface area contributed by atoms with Gasteiger partial charge in [0.2, 0.25) is 0 Å². The predicted molar refractivity (Wildman–Crippen MR) is 119 cm³/mol. The Kier molecular flexibility index (Phi) is 4.89. The topological polar surface area (TPSA) is 59.3 Å². The molecule has 0 N–H and O–H groups in total. The number of aromatic nitrogens is 4. The zero-order chi connectivity index (χ0) is 21.4. The molecule has 1 aliphatic heterocycles. The van der Waals surface area contributed by atoms with Crippen molar-refractivity contribution in [2.24, 2.45) is 0 Å². The van der Waals surface area contributed by atoms with Gasteiger partial charge in [-0.3, -0.25) is 0 Å². The number of para-hydroxylation sites is 1. The van der Waals surface area contributed by atoms with Crippen molar-refractivity contribution in [1.29, 1.82) is 0 Å². The Morgan fingerprint density at radius 1 is 0.935 bits per heavy atom. The third-order valence-corrected chi connectivity index (χ3v) is 5.75. The summed E-state index contributed by atoms with van der Waals surface area (Å²) in [5.41, 5.74) is 3.84. The van der Waals surface area contributed by atoms with E-state index in [4.69, 9.17) is 4.74 Å². The second kappa shape index (κ2) is 7.86. The van der Waals surface area contributed by atoms with Crippen molar-refractivity contribution in [3.05, 3.63) is 66.4 Å². The molecule has 0 spiro atoms. The van der Waals surface area contributed by atoms with Gasteiger partial charge in [0.05, 0.1) is 30.1 Å². The highest BCUT2D eigenvalue weighted by Crippen LogP contribution is 2.31. The lowest BCUT2D eigenvalue weighted by Gasteiger charge is -2.37. The van der Waals surface area contributed by atoms with Crippen LogP contribution in [0.5, 0.6) is 5.75 Å². The smallest absolute Gasteiger partial charge is 0.168 e. The molecule has 0 saturated carbocycles. The number of ether oxygens (including phenoxy) is 1. The van der Waals surface area contributed by atoms with Gasteiger partial charge >= 0.3 is 0 Å². The Hall–Kier alpha value is -3.68. The maximum Gasteiger partial charge on any atom is 0.168 e. The fourth-order valence-electron chi connectivity index (χ4n) is 4.13. The maximum absolute atomic E-state index is 13.6. The van der Waals surface area contributed by atoms with Gasteiger partial charge in [-0.2, -0.15) is 5.10 Å². The van der Waals surface area contributed by atoms with Crippen LogP contribution in [-0.2, 0) is 0 Å². The third kappa shape index (κ3) is 3.43. The van der Waals surface area contributed by atoms with Crippen molar-refractivity contribution in [2.45, 2.75) is 6.92 Å². The average Bonchev–Trinajstić information content (AvgIpc) is 3.23. The lowest BCUT2D eigenvalue weighted by Crippen LogP contribution is -2.47. The van der Waals surface area contributed by atoms with Crippen LogP contribution < -0.4 is 14.5 Å². The minimum atomic E-state index is -0.298. The second-order valence-corrected chi connectivity index (χ2v) is 7.57. The highest BCUT2D eigenvalue weighted by Gasteiger charge is 2.23. The van der Waals surface area contributed by atoms with E-state index in [1.165, 1.54) is 12.1 Å². The molecule has 0 radical (unpaired) electrons. The SMILES string of the molecule is COc1cc(F)ccc1N1CCN(c2ncnc3c2cnn3-c2ccccc2C)CC1. The summed E-state index contributed by atoms with van der Waals surface area (Å²) in [6.07, 6.45) is 3.44. The Morgan fingerprint density at radius 2 is 1.71 bits per heavy atom. The summed E-state index contributed by atoms with van der Waals surface area (Å²) in [5.74, 6) is 1.14. The molecule has 0 bridgehead atoms. The number of benzene rings is 2. The van der Waals surface area contributed by atoms with Crippen molar-refractivity contribution in [3.8, 4) is 11.4 Å². The van der Waals surface area contributed by atoms with Crippen molar-refractivity contribution >= 4 is 22.5 Å². The largest absolute Gasteiger partial charge is 0.494 e. The molecule has 31 heavy (non-hydrogen) atoms. The van der Waals surface area contributed by atoms with E-state index in [-0.39, 0.29) is 5.82 Å². The predicted octanol–water partition coefficient (Wildman–Crippen LogP) is 3.60. The lowest BCUT2D eigenvalue weighted by atomic mass is 10.2. The first-order valence-corrected chi connectivity index (χ1v) is 10.2. The minimum Gasteiger partial charge on any atom is -0.494 e. The highest BCUT2D eigenvalue weighted by atomic mass is 19.1. The van der Waals surface area contributed by atoms with Crippen molar-refractivity contribution in [2.75, 3.05) is 43.1 Å². The molecule has 2 aromatic heterocycles. The molecule has 1 saturated heterocycles. The molecule has 3 heterocycles. The van der Waals surface area contributed by atoms with Crippen LogP contribution in [0.1, 0.15) is 5.56 Å². The average molecular weight is 418 g/mol. The molecular weight excluding hydrogens is 395 g/mol. The van der Waals surface area contributed by atoms with Crippen LogP contribution >= 0.6 is 0 Å². The fraction of sp³-hybridized carbons (Fsp3) is 0.261. The zero-order valence-corrected chi connectivity index (χ0v) is 17.5.